The van der Waals surface area contributed by atoms with Gasteiger partial charge in [0.1, 0.15) is 5.75 Å². The van der Waals surface area contributed by atoms with E-state index in [1.54, 1.807) is 7.11 Å². The second kappa shape index (κ2) is 6.12. The molecular formula is C20H19BrClNO. The van der Waals surface area contributed by atoms with Gasteiger partial charge in [-0.1, -0.05) is 39.7 Å². The Hall–Kier alpha value is -1.45. The summed E-state index contributed by atoms with van der Waals surface area (Å²) in [4.78, 5) is 0. The highest BCUT2D eigenvalue weighted by atomic mass is 79.9. The number of fused-ring (bicyclic) bond motifs is 3. The summed E-state index contributed by atoms with van der Waals surface area (Å²) in [7, 11) is 1.74. The maximum Gasteiger partial charge on any atom is 0.124 e. The van der Waals surface area contributed by atoms with Crippen LogP contribution >= 0.6 is 27.5 Å². The number of aryl methyl sites for hydroxylation is 1. The molecule has 2 aromatic carbocycles. The van der Waals surface area contributed by atoms with E-state index < -0.39 is 0 Å². The van der Waals surface area contributed by atoms with E-state index in [0.29, 0.717) is 11.8 Å². The average molecular weight is 405 g/mol. The molecule has 3 atom stereocenters. The molecule has 4 rings (SSSR count). The van der Waals surface area contributed by atoms with Crippen molar-refractivity contribution >= 4 is 33.2 Å². The summed E-state index contributed by atoms with van der Waals surface area (Å²) in [6, 6.07) is 10.6. The fourth-order valence-electron chi connectivity index (χ4n) is 4.10. The highest BCUT2D eigenvalue weighted by Crippen LogP contribution is 2.52. The summed E-state index contributed by atoms with van der Waals surface area (Å²) in [6.07, 6.45) is 5.68. The van der Waals surface area contributed by atoms with Gasteiger partial charge in [0.25, 0.3) is 0 Å². The van der Waals surface area contributed by atoms with Gasteiger partial charge in [-0.15, -0.1) is 0 Å². The van der Waals surface area contributed by atoms with Crippen molar-refractivity contribution in [2.45, 2.75) is 25.3 Å². The van der Waals surface area contributed by atoms with Crippen LogP contribution in [0.4, 0.5) is 5.69 Å². The van der Waals surface area contributed by atoms with Gasteiger partial charge >= 0.3 is 0 Å². The monoisotopic (exact) mass is 403 g/mol. The molecule has 4 heteroatoms. The minimum atomic E-state index is 0.213. The van der Waals surface area contributed by atoms with Crippen LogP contribution in [0.1, 0.15) is 35.1 Å². The van der Waals surface area contributed by atoms with Crippen LogP contribution in [0.3, 0.4) is 0 Å². The van der Waals surface area contributed by atoms with E-state index in [4.69, 9.17) is 16.3 Å². The van der Waals surface area contributed by atoms with E-state index in [0.717, 1.165) is 21.7 Å². The number of nitrogens with one attached hydrogen (secondary N) is 1. The SMILES string of the molecule is COc1ccc(Br)cc1[C@@H]1Nc2c(C)cc(Cl)cc2[C@@H]2C=CC[C@@H]21. The molecule has 0 aromatic heterocycles. The minimum Gasteiger partial charge on any atom is -0.496 e. The van der Waals surface area contributed by atoms with E-state index in [1.165, 1.54) is 22.4 Å². The third kappa shape index (κ3) is 2.55. The first-order chi connectivity index (χ1) is 11.6. The quantitative estimate of drug-likeness (QED) is 0.598. The summed E-state index contributed by atoms with van der Waals surface area (Å²) in [5.74, 6) is 1.79. The zero-order valence-corrected chi connectivity index (χ0v) is 16.0. The average Bonchev–Trinajstić information content (AvgIpc) is 3.04. The lowest BCUT2D eigenvalue weighted by Crippen LogP contribution is -2.30. The lowest BCUT2D eigenvalue weighted by atomic mass is 9.76. The Labute approximate surface area is 156 Å². The van der Waals surface area contributed by atoms with Crippen molar-refractivity contribution < 1.29 is 4.74 Å². The number of anilines is 1. The first-order valence-electron chi connectivity index (χ1n) is 8.15. The third-order valence-electron chi connectivity index (χ3n) is 5.16. The number of hydrogen-bond acceptors (Lipinski definition) is 2. The molecule has 0 radical (unpaired) electrons. The van der Waals surface area contributed by atoms with E-state index >= 15 is 0 Å². The van der Waals surface area contributed by atoms with E-state index in [2.05, 4.69) is 52.5 Å². The number of benzene rings is 2. The Kier molecular flexibility index (Phi) is 4.09. The molecule has 2 aromatic rings. The third-order valence-corrected chi connectivity index (χ3v) is 5.87. The molecule has 124 valence electrons. The molecule has 2 aliphatic rings. The van der Waals surface area contributed by atoms with Crippen molar-refractivity contribution in [1.29, 1.82) is 0 Å². The Morgan fingerprint density at radius 3 is 2.83 bits per heavy atom. The predicted molar refractivity (Wildman–Crippen MR) is 103 cm³/mol. The maximum atomic E-state index is 6.32. The van der Waals surface area contributed by atoms with Gasteiger partial charge in [0, 0.05) is 26.7 Å². The smallest absolute Gasteiger partial charge is 0.124 e. The van der Waals surface area contributed by atoms with Gasteiger partial charge in [-0.3, -0.25) is 0 Å². The number of methoxy groups -OCH3 is 1. The van der Waals surface area contributed by atoms with Crippen LogP contribution in [0.25, 0.3) is 0 Å². The van der Waals surface area contributed by atoms with Gasteiger partial charge < -0.3 is 10.1 Å². The van der Waals surface area contributed by atoms with Crippen molar-refractivity contribution in [3.63, 3.8) is 0 Å². The summed E-state index contributed by atoms with van der Waals surface area (Å²) in [5.41, 5.74) is 4.91. The first-order valence-corrected chi connectivity index (χ1v) is 9.32. The molecular weight excluding hydrogens is 386 g/mol. The largest absolute Gasteiger partial charge is 0.496 e. The lowest BCUT2D eigenvalue weighted by Gasteiger charge is -2.39. The van der Waals surface area contributed by atoms with Crippen LogP contribution in [0.15, 0.2) is 47.0 Å². The maximum absolute atomic E-state index is 6.32. The van der Waals surface area contributed by atoms with Gasteiger partial charge in [-0.25, -0.2) is 0 Å². The number of hydrogen-bond donors (Lipinski definition) is 1. The highest BCUT2D eigenvalue weighted by Gasteiger charge is 2.39. The highest BCUT2D eigenvalue weighted by molar-refractivity contribution is 9.10. The van der Waals surface area contributed by atoms with Crippen LogP contribution in [-0.4, -0.2) is 7.11 Å². The zero-order chi connectivity index (χ0) is 16.8. The molecule has 1 aliphatic heterocycles. The Balaban J connectivity index is 1.86. The van der Waals surface area contributed by atoms with E-state index in [-0.39, 0.29) is 6.04 Å². The molecule has 0 bridgehead atoms. The topological polar surface area (TPSA) is 21.3 Å². The molecule has 0 unspecified atom stereocenters. The van der Waals surface area contributed by atoms with Crippen LogP contribution in [0, 0.1) is 12.8 Å². The molecule has 1 aliphatic carbocycles. The standard InChI is InChI=1S/C20H19BrClNO/c1-11-8-13(22)10-16-14-4-3-5-15(14)20(23-19(11)16)17-9-12(21)6-7-18(17)24-2/h3-4,6-10,14-15,20,23H,5H2,1-2H3/t14-,15+,20-/m1/s1. The van der Waals surface area contributed by atoms with Crippen LogP contribution in [0.2, 0.25) is 5.02 Å². The summed E-state index contributed by atoms with van der Waals surface area (Å²) < 4.78 is 6.71. The second-order valence-electron chi connectivity index (χ2n) is 6.55. The second-order valence-corrected chi connectivity index (χ2v) is 7.90. The lowest BCUT2D eigenvalue weighted by molar-refractivity contribution is 0.381. The first kappa shape index (κ1) is 16.0. The van der Waals surface area contributed by atoms with Gasteiger partial charge in [-0.2, -0.15) is 0 Å². The zero-order valence-electron chi connectivity index (χ0n) is 13.6. The fourth-order valence-corrected chi connectivity index (χ4v) is 4.76. The molecule has 0 saturated carbocycles. The van der Waals surface area contributed by atoms with Crippen LogP contribution in [-0.2, 0) is 0 Å². The van der Waals surface area contributed by atoms with Gasteiger partial charge in [0.15, 0.2) is 0 Å². The van der Waals surface area contributed by atoms with Gasteiger partial charge in [0.05, 0.1) is 13.2 Å². The predicted octanol–water partition coefficient (Wildman–Crippen LogP) is 6.25. The normalized spacial score (nSPS) is 24.2. The van der Waals surface area contributed by atoms with Crippen LogP contribution in [0.5, 0.6) is 5.75 Å². The van der Waals surface area contributed by atoms with Gasteiger partial charge in [-0.05, 0) is 60.7 Å². The van der Waals surface area contributed by atoms with Gasteiger partial charge in [0.2, 0.25) is 0 Å². The molecule has 0 amide bonds. The Morgan fingerprint density at radius 1 is 1.21 bits per heavy atom. The summed E-state index contributed by atoms with van der Waals surface area (Å²) in [6.45, 7) is 2.12. The number of ether oxygens (including phenoxy) is 1. The summed E-state index contributed by atoms with van der Waals surface area (Å²) >= 11 is 9.92. The van der Waals surface area contributed by atoms with Crippen molar-refractivity contribution in [3.8, 4) is 5.75 Å². The number of halogens is 2. The fraction of sp³-hybridized carbons (Fsp3) is 0.300. The van der Waals surface area contributed by atoms with Crippen molar-refractivity contribution in [2.24, 2.45) is 5.92 Å². The van der Waals surface area contributed by atoms with Crippen molar-refractivity contribution in [2.75, 3.05) is 12.4 Å². The van der Waals surface area contributed by atoms with E-state index in [9.17, 15) is 0 Å². The molecule has 0 spiro atoms. The van der Waals surface area contributed by atoms with E-state index in [1.807, 2.05) is 18.2 Å². The summed E-state index contributed by atoms with van der Waals surface area (Å²) in [5, 5.41) is 4.59. The number of rotatable bonds is 2. The minimum absolute atomic E-state index is 0.213. The van der Waals surface area contributed by atoms with Crippen LogP contribution < -0.4 is 10.1 Å². The molecule has 24 heavy (non-hydrogen) atoms. The molecule has 0 saturated heterocycles. The number of allylic oxidation sites excluding steroid dienone is 2. The molecule has 1 heterocycles. The molecule has 0 fully saturated rings. The Morgan fingerprint density at radius 2 is 2.04 bits per heavy atom. The van der Waals surface area contributed by atoms with Crippen molar-refractivity contribution in [1.82, 2.24) is 0 Å². The van der Waals surface area contributed by atoms with Crippen molar-refractivity contribution in [3.05, 3.63) is 68.7 Å². The Bertz CT molecular complexity index is 833. The molecule has 2 nitrogen and oxygen atoms in total. The molecule has 1 N–H and O–H groups in total.